The number of imidazole rings is 1. The maximum Gasteiger partial charge on any atom is 0.274 e. The van der Waals surface area contributed by atoms with Crippen LogP contribution in [0.25, 0.3) is 5.65 Å². The molecular formula is C16H16N4O. The molecule has 0 aromatic carbocycles. The molecule has 5 heteroatoms. The van der Waals surface area contributed by atoms with Crippen LogP contribution in [0.3, 0.4) is 0 Å². The first-order valence-corrected chi connectivity index (χ1v) is 6.97. The monoisotopic (exact) mass is 280 g/mol. The summed E-state index contributed by atoms with van der Waals surface area (Å²) in [6.07, 6.45) is 6.88. The molecule has 3 heterocycles. The topological polar surface area (TPSA) is 59.3 Å². The molecule has 0 aliphatic heterocycles. The first kappa shape index (κ1) is 13.3. The normalized spacial score (nSPS) is 10.7. The average Bonchev–Trinajstić information content (AvgIpc) is 2.86. The molecule has 3 rings (SSSR count). The highest BCUT2D eigenvalue weighted by Crippen LogP contribution is 2.16. The van der Waals surface area contributed by atoms with Crippen molar-refractivity contribution in [3.05, 3.63) is 60.3 Å². The number of hydrogen-bond donors (Lipinski definition) is 1. The quantitative estimate of drug-likeness (QED) is 0.799. The molecule has 0 aliphatic rings. The number of nitrogens with zero attached hydrogens (tertiary/aromatic N) is 3. The molecule has 0 unspecified atom stereocenters. The van der Waals surface area contributed by atoms with Gasteiger partial charge in [0, 0.05) is 12.4 Å². The number of carbonyl (C=O) groups excluding carboxylic acids is 1. The van der Waals surface area contributed by atoms with E-state index in [1.54, 1.807) is 18.5 Å². The number of anilines is 1. The largest absolute Gasteiger partial charge is 0.319 e. The lowest BCUT2D eigenvalue weighted by Crippen LogP contribution is -2.16. The number of pyridine rings is 2. The summed E-state index contributed by atoms with van der Waals surface area (Å²) < 4.78 is 1.83. The fraction of sp³-hybridized carbons (Fsp3) is 0.188. The molecule has 106 valence electrons. The van der Waals surface area contributed by atoms with E-state index in [2.05, 4.69) is 22.2 Å². The van der Waals surface area contributed by atoms with Gasteiger partial charge in [-0.05, 0) is 30.7 Å². The standard InChI is InChI=1S/C16H16N4O/c1-2-6-13-15(20-10-4-3-8-14(20)19-13)16(21)18-12-7-5-9-17-11-12/h3-5,7-11H,2,6H2,1H3,(H,18,21). The molecule has 5 nitrogen and oxygen atoms in total. The van der Waals surface area contributed by atoms with Crippen molar-refractivity contribution < 1.29 is 4.79 Å². The Morgan fingerprint density at radius 1 is 1.29 bits per heavy atom. The molecule has 0 spiro atoms. The van der Waals surface area contributed by atoms with Crippen molar-refractivity contribution in [1.29, 1.82) is 0 Å². The predicted molar refractivity (Wildman–Crippen MR) is 81.4 cm³/mol. The van der Waals surface area contributed by atoms with Gasteiger partial charge < -0.3 is 5.32 Å². The van der Waals surface area contributed by atoms with E-state index in [4.69, 9.17) is 0 Å². The third-order valence-corrected chi connectivity index (χ3v) is 3.22. The van der Waals surface area contributed by atoms with Gasteiger partial charge in [0.25, 0.3) is 5.91 Å². The van der Waals surface area contributed by atoms with Gasteiger partial charge in [0.1, 0.15) is 11.3 Å². The first-order valence-electron chi connectivity index (χ1n) is 6.97. The molecule has 1 N–H and O–H groups in total. The Balaban J connectivity index is 2.01. The van der Waals surface area contributed by atoms with Crippen LogP contribution in [0, 0.1) is 0 Å². The van der Waals surface area contributed by atoms with Gasteiger partial charge >= 0.3 is 0 Å². The summed E-state index contributed by atoms with van der Waals surface area (Å²) in [4.78, 5) is 21.1. The van der Waals surface area contributed by atoms with E-state index in [0.717, 1.165) is 24.2 Å². The fourth-order valence-electron chi connectivity index (χ4n) is 2.32. The van der Waals surface area contributed by atoms with Crippen LogP contribution < -0.4 is 5.32 Å². The summed E-state index contributed by atoms with van der Waals surface area (Å²) in [6, 6.07) is 9.32. The molecule has 3 aromatic heterocycles. The lowest BCUT2D eigenvalue weighted by molar-refractivity contribution is 0.102. The van der Waals surface area contributed by atoms with Gasteiger partial charge in [0.2, 0.25) is 0 Å². The molecule has 0 saturated heterocycles. The number of aryl methyl sites for hydroxylation is 1. The number of fused-ring (bicyclic) bond motifs is 1. The molecule has 1 amide bonds. The second-order valence-corrected chi connectivity index (χ2v) is 4.78. The Kier molecular flexibility index (Phi) is 3.64. The van der Waals surface area contributed by atoms with Crippen molar-refractivity contribution in [2.75, 3.05) is 5.32 Å². The molecular weight excluding hydrogens is 264 g/mol. The van der Waals surface area contributed by atoms with Gasteiger partial charge in [-0.3, -0.25) is 14.2 Å². The Labute approximate surface area is 122 Å². The first-order chi connectivity index (χ1) is 10.3. The van der Waals surface area contributed by atoms with Crippen molar-refractivity contribution in [3.63, 3.8) is 0 Å². The van der Waals surface area contributed by atoms with Crippen LogP contribution in [0.1, 0.15) is 29.5 Å². The number of amides is 1. The summed E-state index contributed by atoms with van der Waals surface area (Å²) in [6.45, 7) is 2.08. The van der Waals surface area contributed by atoms with E-state index in [1.165, 1.54) is 0 Å². The van der Waals surface area contributed by atoms with Gasteiger partial charge in [0.15, 0.2) is 0 Å². The molecule has 0 fully saturated rings. The van der Waals surface area contributed by atoms with Crippen LogP contribution in [0.4, 0.5) is 5.69 Å². The Morgan fingerprint density at radius 3 is 2.95 bits per heavy atom. The number of aromatic nitrogens is 3. The summed E-state index contributed by atoms with van der Waals surface area (Å²) in [5.41, 5.74) is 2.88. The van der Waals surface area contributed by atoms with Crippen molar-refractivity contribution in [2.24, 2.45) is 0 Å². The fourth-order valence-corrected chi connectivity index (χ4v) is 2.32. The molecule has 21 heavy (non-hydrogen) atoms. The van der Waals surface area contributed by atoms with E-state index in [9.17, 15) is 4.79 Å². The van der Waals surface area contributed by atoms with Crippen molar-refractivity contribution in [1.82, 2.24) is 14.4 Å². The minimum Gasteiger partial charge on any atom is -0.319 e. The van der Waals surface area contributed by atoms with E-state index >= 15 is 0 Å². The van der Waals surface area contributed by atoms with E-state index in [-0.39, 0.29) is 5.91 Å². The SMILES string of the molecule is CCCc1nc2ccccn2c1C(=O)Nc1cccnc1. The maximum absolute atomic E-state index is 12.6. The molecule has 0 bridgehead atoms. The molecule has 0 radical (unpaired) electrons. The van der Waals surface area contributed by atoms with E-state index in [0.29, 0.717) is 11.4 Å². The number of nitrogens with one attached hydrogen (secondary N) is 1. The van der Waals surface area contributed by atoms with Crippen molar-refractivity contribution in [2.45, 2.75) is 19.8 Å². The van der Waals surface area contributed by atoms with E-state index < -0.39 is 0 Å². The van der Waals surface area contributed by atoms with Crippen LogP contribution in [0.5, 0.6) is 0 Å². The van der Waals surface area contributed by atoms with Gasteiger partial charge in [-0.25, -0.2) is 4.98 Å². The smallest absolute Gasteiger partial charge is 0.274 e. The maximum atomic E-state index is 12.6. The van der Waals surface area contributed by atoms with Crippen LogP contribution in [0.2, 0.25) is 0 Å². The highest BCUT2D eigenvalue weighted by atomic mass is 16.2. The zero-order valence-electron chi connectivity index (χ0n) is 11.8. The minimum absolute atomic E-state index is 0.162. The second-order valence-electron chi connectivity index (χ2n) is 4.78. The second kappa shape index (κ2) is 5.75. The predicted octanol–water partition coefficient (Wildman–Crippen LogP) is 2.93. The highest BCUT2D eigenvalue weighted by Gasteiger charge is 2.18. The minimum atomic E-state index is -0.162. The van der Waals surface area contributed by atoms with Gasteiger partial charge in [-0.15, -0.1) is 0 Å². The van der Waals surface area contributed by atoms with Crippen LogP contribution in [-0.2, 0) is 6.42 Å². The summed E-state index contributed by atoms with van der Waals surface area (Å²) in [5.74, 6) is -0.162. The lowest BCUT2D eigenvalue weighted by Gasteiger charge is -2.06. The Bertz CT molecular complexity index is 764. The van der Waals surface area contributed by atoms with Gasteiger partial charge in [0.05, 0.1) is 17.6 Å². The van der Waals surface area contributed by atoms with Crippen molar-refractivity contribution in [3.8, 4) is 0 Å². The summed E-state index contributed by atoms with van der Waals surface area (Å²) >= 11 is 0. The number of carbonyl (C=O) groups is 1. The summed E-state index contributed by atoms with van der Waals surface area (Å²) in [5, 5.41) is 2.87. The zero-order chi connectivity index (χ0) is 14.7. The summed E-state index contributed by atoms with van der Waals surface area (Å²) in [7, 11) is 0. The zero-order valence-corrected chi connectivity index (χ0v) is 11.8. The highest BCUT2D eigenvalue weighted by molar-refractivity contribution is 6.04. The van der Waals surface area contributed by atoms with Crippen LogP contribution in [0.15, 0.2) is 48.9 Å². The van der Waals surface area contributed by atoms with E-state index in [1.807, 2.05) is 34.9 Å². The molecule has 0 saturated carbocycles. The molecule has 0 aliphatic carbocycles. The average molecular weight is 280 g/mol. The van der Waals surface area contributed by atoms with Gasteiger partial charge in [-0.1, -0.05) is 19.4 Å². The lowest BCUT2D eigenvalue weighted by atomic mass is 10.2. The Morgan fingerprint density at radius 2 is 2.19 bits per heavy atom. The third kappa shape index (κ3) is 2.63. The number of hydrogen-bond acceptors (Lipinski definition) is 3. The number of rotatable bonds is 4. The third-order valence-electron chi connectivity index (χ3n) is 3.22. The van der Waals surface area contributed by atoms with Crippen molar-refractivity contribution >= 4 is 17.2 Å². The van der Waals surface area contributed by atoms with Crippen LogP contribution >= 0.6 is 0 Å². The Hall–Kier alpha value is -2.69. The molecule has 3 aromatic rings. The van der Waals surface area contributed by atoms with Gasteiger partial charge in [-0.2, -0.15) is 0 Å². The van der Waals surface area contributed by atoms with Crippen LogP contribution in [-0.4, -0.2) is 20.3 Å². The molecule has 0 atom stereocenters.